The van der Waals surface area contributed by atoms with Crippen molar-refractivity contribution >= 4 is 0 Å². The number of imidazole rings is 1. The van der Waals surface area contributed by atoms with E-state index in [4.69, 9.17) is 0 Å². The average Bonchev–Trinajstić information content (AvgIpc) is 2.46. The van der Waals surface area contributed by atoms with E-state index in [1.54, 1.807) is 0 Å². The number of aromatic nitrogens is 2. The molecule has 0 bridgehead atoms. The molecule has 0 saturated carbocycles. The van der Waals surface area contributed by atoms with E-state index in [0.29, 0.717) is 0 Å². The van der Waals surface area contributed by atoms with E-state index in [0.717, 1.165) is 0 Å². The zero-order chi connectivity index (χ0) is 11.0. The maximum absolute atomic E-state index is 3.29. The lowest BCUT2D eigenvalue weighted by Crippen LogP contribution is -2.29. The maximum atomic E-state index is 3.29. The molecule has 2 heteroatoms. The summed E-state index contributed by atoms with van der Waals surface area (Å²) in [6.07, 6.45) is 3.29. The summed E-state index contributed by atoms with van der Waals surface area (Å²) in [5.74, 6) is 0. The van der Waals surface area contributed by atoms with Gasteiger partial charge in [0, 0.05) is 11.4 Å². The van der Waals surface area contributed by atoms with Crippen LogP contribution >= 0.6 is 0 Å². The van der Waals surface area contributed by atoms with Crippen molar-refractivity contribution in [1.29, 1.82) is 0 Å². The Bertz CT molecular complexity index is 495. The summed E-state index contributed by atoms with van der Waals surface area (Å²) < 4.78 is 4.12. The molecule has 0 fully saturated rings. The summed E-state index contributed by atoms with van der Waals surface area (Å²) in [6.45, 7) is 6.33. The second-order valence-electron chi connectivity index (χ2n) is 4.00. The van der Waals surface area contributed by atoms with Crippen molar-refractivity contribution in [3.63, 3.8) is 0 Å². The predicted molar refractivity (Wildman–Crippen MR) is 60.0 cm³/mol. The molecule has 0 radical (unpaired) electrons. The minimum absolute atomic E-state index is 1.18. The predicted octanol–water partition coefficient (Wildman–Crippen LogP) is 2.03. The van der Waals surface area contributed by atoms with Gasteiger partial charge in [0.05, 0.1) is 12.7 Å². The molecule has 0 amide bonds. The van der Waals surface area contributed by atoms with E-state index < -0.39 is 0 Å². The molecule has 0 atom stereocenters. The Balaban J connectivity index is 2.59. The van der Waals surface area contributed by atoms with Crippen LogP contribution in [0.15, 0.2) is 24.3 Å². The third-order valence-corrected chi connectivity index (χ3v) is 2.87. The lowest BCUT2D eigenvalue weighted by Gasteiger charge is -2.06. The minimum Gasteiger partial charge on any atom is -0.323 e. The molecule has 1 aromatic carbocycles. The Kier molecular flexibility index (Phi) is 2.35. The third-order valence-electron chi connectivity index (χ3n) is 2.87. The lowest BCUT2D eigenvalue weighted by atomic mass is 10.2. The maximum Gasteiger partial charge on any atom is 0.243 e. The van der Waals surface area contributed by atoms with E-state index in [9.17, 15) is 0 Å². The topological polar surface area (TPSA) is 8.81 Å². The molecule has 0 spiro atoms. The molecule has 0 aliphatic rings. The van der Waals surface area contributed by atoms with Crippen molar-refractivity contribution in [2.45, 2.75) is 20.8 Å². The molecule has 0 saturated heterocycles. The molecule has 0 N–H and O–H groups in total. The number of rotatable bonds is 1. The van der Waals surface area contributed by atoms with Gasteiger partial charge in [0.2, 0.25) is 6.33 Å². The van der Waals surface area contributed by atoms with Crippen molar-refractivity contribution < 1.29 is 4.57 Å². The van der Waals surface area contributed by atoms with Gasteiger partial charge in [-0.1, -0.05) is 29.8 Å². The number of benzene rings is 1. The molecule has 0 aliphatic carbocycles. The second-order valence-corrected chi connectivity index (χ2v) is 4.00. The summed E-state index contributed by atoms with van der Waals surface area (Å²) in [5, 5.41) is 0. The summed E-state index contributed by atoms with van der Waals surface area (Å²) in [5.41, 5.74) is 4.94. The van der Waals surface area contributed by atoms with Crippen LogP contribution in [0, 0.1) is 27.1 Å². The van der Waals surface area contributed by atoms with E-state index in [1.807, 2.05) is 11.6 Å². The monoisotopic (exact) mass is 200 g/mol. The van der Waals surface area contributed by atoms with Gasteiger partial charge in [-0.25, -0.2) is 0 Å². The number of hydrogen-bond acceptors (Lipinski definition) is 0. The minimum atomic E-state index is 1.18. The van der Waals surface area contributed by atoms with Crippen molar-refractivity contribution in [3.05, 3.63) is 47.5 Å². The van der Waals surface area contributed by atoms with Crippen molar-refractivity contribution in [2.24, 2.45) is 7.05 Å². The molecule has 1 aromatic heterocycles. The fraction of sp³-hybridized carbons (Fsp3) is 0.308. The SMILES string of the molecule is Cc1cccc(-n2[c-][n+](C)c(C)c2C)c1. The third kappa shape index (κ3) is 1.67. The average molecular weight is 200 g/mol. The molecular formula is C13H16N2. The first-order chi connectivity index (χ1) is 7.09. The summed E-state index contributed by atoms with van der Waals surface area (Å²) in [4.78, 5) is 0. The molecular weight excluding hydrogens is 184 g/mol. The summed E-state index contributed by atoms with van der Waals surface area (Å²) in [6, 6.07) is 8.46. The van der Waals surface area contributed by atoms with Crippen LogP contribution in [-0.2, 0) is 7.05 Å². The van der Waals surface area contributed by atoms with Gasteiger partial charge in [-0.3, -0.25) is 0 Å². The Morgan fingerprint density at radius 1 is 1.20 bits per heavy atom. The quantitative estimate of drug-likeness (QED) is 0.492. The second kappa shape index (κ2) is 3.54. The van der Waals surface area contributed by atoms with Crippen LogP contribution in [0.2, 0.25) is 0 Å². The first-order valence-corrected chi connectivity index (χ1v) is 5.14. The molecule has 2 rings (SSSR count). The lowest BCUT2D eigenvalue weighted by molar-refractivity contribution is -0.681. The highest BCUT2D eigenvalue weighted by molar-refractivity contribution is 5.36. The molecule has 2 aromatic rings. The summed E-state index contributed by atoms with van der Waals surface area (Å²) in [7, 11) is 2.02. The Morgan fingerprint density at radius 3 is 2.47 bits per heavy atom. The van der Waals surface area contributed by atoms with Gasteiger partial charge in [-0.15, -0.1) is 0 Å². The highest BCUT2D eigenvalue weighted by Gasteiger charge is 2.06. The van der Waals surface area contributed by atoms with Crippen LogP contribution in [-0.4, -0.2) is 4.57 Å². The normalized spacial score (nSPS) is 10.7. The molecule has 15 heavy (non-hydrogen) atoms. The highest BCUT2D eigenvalue weighted by atomic mass is 15.1. The van der Waals surface area contributed by atoms with Gasteiger partial charge < -0.3 is 9.13 Å². The molecule has 2 nitrogen and oxygen atoms in total. The van der Waals surface area contributed by atoms with Crippen molar-refractivity contribution in [1.82, 2.24) is 4.57 Å². The zero-order valence-corrected chi connectivity index (χ0v) is 9.70. The standard InChI is InChI=1S/C13H16N2/c1-10-6-5-7-13(8-10)15-9-14(4)11(2)12(15)3/h5-8H,1-4H3. The van der Waals surface area contributed by atoms with Crippen LogP contribution in [0.1, 0.15) is 17.0 Å². The number of aryl methyl sites for hydroxylation is 2. The number of nitrogens with zero attached hydrogens (tertiary/aromatic N) is 2. The number of hydrogen-bond donors (Lipinski definition) is 0. The van der Waals surface area contributed by atoms with E-state index in [2.05, 4.69) is 55.9 Å². The first kappa shape index (κ1) is 9.97. The Labute approximate surface area is 90.8 Å². The fourth-order valence-corrected chi connectivity index (χ4v) is 1.72. The molecule has 78 valence electrons. The molecule has 0 aliphatic heterocycles. The van der Waals surface area contributed by atoms with Crippen LogP contribution in [0.5, 0.6) is 0 Å². The van der Waals surface area contributed by atoms with Crippen LogP contribution in [0.4, 0.5) is 0 Å². The van der Waals surface area contributed by atoms with Gasteiger partial charge in [-0.05, 0) is 20.8 Å². The van der Waals surface area contributed by atoms with Crippen LogP contribution in [0.25, 0.3) is 5.69 Å². The van der Waals surface area contributed by atoms with Crippen LogP contribution < -0.4 is 4.57 Å². The first-order valence-electron chi connectivity index (χ1n) is 5.14. The highest BCUT2D eigenvalue weighted by Crippen LogP contribution is 2.13. The Hall–Kier alpha value is -1.57. The van der Waals surface area contributed by atoms with Gasteiger partial charge >= 0.3 is 0 Å². The fourth-order valence-electron chi connectivity index (χ4n) is 1.72. The van der Waals surface area contributed by atoms with Crippen LogP contribution in [0.3, 0.4) is 0 Å². The Morgan fingerprint density at radius 2 is 1.93 bits per heavy atom. The van der Waals surface area contributed by atoms with Crippen molar-refractivity contribution in [3.8, 4) is 5.69 Å². The zero-order valence-electron chi connectivity index (χ0n) is 9.70. The van der Waals surface area contributed by atoms with Crippen molar-refractivity contribution in [2.75, 3.05) is 0 Å². The molecule has 0 unspecified atom stereocenters. The van der Waals surface area contributed by atoms with E-state index in [-0.39, 0.29) is 0 Å². The van der Waals surface area contributed by atoms with Gasteiger partial charge in [0.25, 0.3) is 0 Å². The summed E-state index contributed by atoms with van der Waals surface area (Å²) >= 11 is 0. The van der Waals surface area contributed by atoms with E-state index in [1.165, 1.54) is 22.6 Å². The molecule has 1 heterocycles. The van der Waals surface area contributed by atoms with E-state index >= 15 is 0 Å². The van der Waals surface area contributed by atoms with Gasteiger partial charge in [0.15, 0.2) is 0 Å². The largest absolute Gasteiger partial charge is 0.323 e. The van der Waals surface area contributed by atoms with Gasteiger partial charge in [-0.2, -0.15) is 0 Å². The van der Waals surface area contributed by atoms with Gasteiger partial charge in [0.1, 0.15) is 0 Å². The smallest absolute Gasteiger partial charge is 0.243 e.